The van der Waals surface area contributed by atoms with Crippen LogP contribution in [-0.2, 0) is 17.4 Å². The zero-order chi connectivity index (χ0) is 14.8. The molecule has 106 valence electrons. The third-order valence-corrected chi connectivity index (χ3v) is 2.47. The molecular weight excluding hydrogens is 277 g/mol. The van der Waals surface area contributed by atoms with Crippen molar-refractivity contribution in [3.8, 4) is 11.4 Å². The molecule has 0 bridgehead atoms. The topological polar surface area (TPSA) is 76.2 Å². The summed E-state index contributed by atoms with van der Waals surface area (Å²) in [5, 5.41) is 12.1. The Balaban J connectivity index is 2.22. The quantitative estimate of drug-likeness (QED) is 0.935. The number of nitrogens with zero attached hydrogens (tertiary/aromatic N) is 2. The second kappa shape index (κ2) is 5.32. The first kappa shape index (κ1) is 14.0. The molecule has 0 aliphatic carbocycles. The van der Waals surface area contributed by atoms with E-state index in [2.05, 4.69) is 10.1 Å². The molecule has 0 saturated heterocycles. The van der Waals surface area contributed by atoms with Crippen LogP contribution >= 0.6 is 0 Å². The summed E-state index contributed by atoms with van der Waals surface area (Å²) < 4.78 is 42.5. The van der Waals surface area contributed by atoms with E-state index in [-0.39, 0.29) is 30.1 Å². The smallest absolute Gasteiger partial charge is 0.416 e. The Morgan fingerprint density at radius 2 is 2.10 bits per heavy atom. The summed E-state index contributed by atoms with van der Waals surface area (Å²) in [6.07, 6.45) is -4.61. The van der Waals surface area contributed by atoms with Crippen molar-refractivity contribution < 1.29 is 27.6 Å². The highest BCUT2D eigenvalue weighted by molar-refractivity contribution is 5.66. The summed E-state index contributed by atoms with van der Waals surface area (Å²) in [4.78, 5) is 14.3. The van der Waals surface area contributed by atoms with Crippen molar-refractivity contribution in [2.45, 2.75) is 19.0 Å². The van der Waals surface area contributed by atoms with Gasteiger partial charge in [0.2, 0.25) is 11.7 Å². The predicted octanol–water partition coefficient (Wildman–Crippen LogP) is 2.77. The van der Waals surface area contributed by atoms with Crippen LogP contribution in [0.15, 0.2) is 28.8 Å². The molecule has 0 unspecified atom stereocenters. The number of rotatable bonds is 4. The average molecular weight is 286 g/mol. The molecule has 8 heteroatoms. The summed E-state index contributed by atoms with van der Waals surface area (Å²) >= 11 is 0. The second-order valence-corrected chi connectivity index (χ2v) is 3.98. The molecule has 0 aliphatic heterocycles. The van der Waals surface area contributed by atoms with Crippen molar-refractivity contribution in [3.63, 3.8) is 0 Å². The molecule has 2 rings (SSSR count). The summed E-state index contributed by atoms with van der Waals surface area (Å²) in [6.45, 7) is 0. The van der Waals surface area contributed by atoms with E-state index in [0.717, 1.165) is 12.1 Å². The highest BCUT2D eigenvalue weighted by atomic mass is 19.4. The van der Waals surface area contributed by atoms with Crippen LogP contribution in [0.2, 0.25) is 0 Å². The zero-order valence-corrected chi connectivity index (χ0v) is 10.0. The van der Waals surface area contributed by atoms with Crippen molar-refractivity contribution in [3.05, 3.63) is 35.7 Å². The maximum absolute atomic E-state index is 12.6. The van der Waals surface area contributed by atoms with Gasteiger partial charge in [0, 0.05) is 12.0 Å². The molecule has 0 fully saturated rings. The lowest BCUT2D eigenvalue weighted by Crippen LogP contribution is -2.04. The molecule has 1 aromatic heterocycles. The number of benzene rings is 1. The fourth-order valence-corrected chi connectivity index (χ4v) is 1.52. The largest absolute Gasteiger partial charge is 0.481 e. The number of aryl methyl sites for hydroxylation is 1. The van der Waals surface area contributed by atoms with E-state index < -0.39 is 17.7 Å². The minimum atomic E-state index is -4.45. The standard InChI is InChI=1S/C12H9F3N2O3/c13-12(14,15)8-3-1-2-7(6-8)11-16-9(20-17-11)4-5-10(18)19/h1-3,6H,4-5H2,(H,18,19). The van der Waals surface area contributed by atoms with E-state index in [1.807, 2.05) is 0 Å². The van der Waals surface area contributed by atoms with Gasteiger partial charge in [-0.1, -0.05) is 17.3 Å². The number of alkyl halides is 3. The molecule has 2 aromatic rings. The van der Waals surface area contributed by atoms with Gasteiger partial charge in [0.15, 0.2) is 0 Å². The Morgan fingerprint density at radius 1 is 1.35 bits per heavy atom. The lowest BCUT2D eigenvalue weighted by molar-refractivity contribution is -0.138. The Kier molecular flexibility index (Phi) is 3.73. The van der Waals surface area contributed by atoms with Gasteiger partial charge < -0.3 is 9.63 Å². The van der Waals surface area contributed by atoms with Crippen molar-refractivity contribution in [1.29, 1.82) is 0 Å². The SMILES string of the molecule is O=C(O)CCc1nc(-c2cccc(C(F)(F)F)c2)no1. The van der Waals surface area contributed by atoms with Gasteiger partial charge in [-0.2, -0.15) is 18.2 Å². The first-order valence-corrected chi connectivity index (χ1v) is 5.58. The van der Waals surface area contributed by atoms with Crippen LogP contribution < -0.4 is 0 Å². The van der Waals surface area contributed by atoms with E-state index in [1.165, 1.54) is 12.1 Å². The van der Waals surface area contributed by atoms with Crippen LogP contribution in [0.5, 0.6) is 0 Å². The first-order valence-electron chi connectivity index (χ1n) is 5.58. The van der Waals surface area contributed by atoms with E-state index in [9.17, 15) is 18.0 Å². The molecule has 1 N–H and O–H groups in total. The molecular formula is C12H9F3N2O3. The lowest BCUT2D eigenvalue weighted by atomic mass is 10.1. The predicted molar refractivity (Wildman–Crippen MR) is 60.7 cm³/mol. The highest BCUT2D eigenvalue weighted by Crippen LogP contribution is 2.31. The third kappa shape index (κ3) is 3.34. The van der Waals surface area contributed by atoms with Gasteiger partial charge in [0.25, 0.3) is 0 Å². The van der Waals surface area contributed by atoms with E-state index in [1.54, 1.807) is 0 Å². The number of aromatic nitrogens is 2. The van der Waals surface area contributed by atoms with Crippen LogP contribution in [0.1, 0.15) is 17.9 Å². The van der Waals surface area contributed by atoms with Crippen molar-refractivity contribution >= 4 is 5.97 Å². The molecule has 0 spiro atoms. The van der Waals surface area contributed by atoms with Gasteiger partial charge in [-0.25, -0.2) is 0 Å². The molecule has 0 atom stereocenters. The summed E-state index contributed by atoms with van der Waals surface area (Å²) in [5.74, 6) is -0.958. The van der Waals surface area contributed by atoms with E-state index in [4.69, 9.17) is 9.63 Å². The molecule has 20 heavy (non-hydrogen) atoms. The van der Waals surface area contributed by atoms with Gasteiger partial charge in [-0.3, -0.25) is 4.79 Å². The molecule has 5 nitrogen and oxygen atoms in total. The molecule has 1 heterocycles. The third-order valence-electron chi connectivity index (χ3n) is 2.47. The number of hydrogen-bond acceptors (Lipinski definition) is 4. The molecule has 1 aromatic carbocycles. The lowest BCUT2D eigenvalue weighted by Gasteiger charge is -2.06. The zero-order valence-electron chi connectivity index (χ0n) is 10.0. The first-order chi connectivity index (χ1) is 9.36. The Labute approximate surface area is 111 Å². The van der Waals surface area contributed by atoms with E-state index in [0.29, 0.717) is 0 Å². The van der Waals surface area contributed by atoms with Crippen LogP contribution in [0, 0.1) is 0 Å². The average Bonchev–Trinajstić information content (AvgIpc) is 2.84. The van der Waals surface area contributed by atoms with Gasteiger partial charge in [-0.15, -0.1) is 0 Å². The minimum absolute atomic E-state index is 0.00325. The maximum Gasteiger partial charge on any atom is 0.416 e. The summed E-state index contributed by atoms with van der Waals surface area (Å²) in [7, 11) is 0. The van der Waals surface area contributed by atoms with Gasteiger partial charge in [0.1, 0.15) is 0 Å². The number of carboxylic acid groups (broad SMARTS) is 1. The minimum Gasteiger partial charge on any atom is -0.481 e. The monoisotopic (exact) mass is 286 g/mol. The van der Waals surface area contributed by atoms with Crippen LogP contribution in [0.4, 0.5) is 13.2 Å². The Hall–Kier alpha value is -2.38. The summed E-state index contributed by atoms with van der Waals surface area (Å²) in [5.41, 5.74) is -0.656. The van der Waals surface area contributed by atoms with Crippen LogP contribution in [0.25, 0.3) is 11.4 Å². The fourth-order valence-electron chi connectivity index (χ4n) is 1.52. The second-order valence-electron chi connectivity index (χ2n) is 3.98. The maximum atomic E-state index is 12.6. The Morgan fingerprint density at radius 3 is 2.75 bits per heavy atom. The van der Waals surface area contributed by atoms with Gasteiger partial charge in [-0.05, 0) is 12.1 Å². The van der Waals surface area contributed by atoms with Gasteiger partial charge in [0.05, 0.1) is 12.0 Å². The normalized spacial score (nSPS) is 11.6. The number of carboxylic acids is 1. The molecule has 0 saturated carbocycles. The van der Waals surface area contributed by atoms with E-state index >= 15 is 0 Å². The van der Waals surface area contributed by atoms with Crippen LogP contribution in [0.3, 0.4) is 0 Å². The van der Waals surface area contributed by atoms with Crippen molar-refractivity contribution in [1.82, 2.24) is 10.1 Å². The van der Waals surface area contributed by atoms with Crippen molar-refractivity contribution in [2.24, 2.45) is 0 Å². The molecule has 0 amide bonds. The molecule has 0 radical (unpaired) electrons. The fraction of sp³-hybridized carbons (Fsp3) is 0.250. The number of aliphatic carboxylic acids is 1. The highest BCUT2D eigenvalue weighted by Gasteiger charge is 2.30. The number of hydrogen-bond donors (Lipinski definition) is 1. The number of halogens is 3. The molecule has 0 aliphatic rings. The van der Waals surface area contributed by atoms with Crippen LogP contribution in [-0.4, -0.2) is 21.2 Å². The van der Waals surface area contributed by atoms with Crippen molar-refractivity contribution in [2.75, 3.05) is 0 Å². The number of carbonyl (C=O) groups is 1. The summed E-state index contributed by atoms with van der Waals surface area (Å²) in [6, 6.07) is 4.51. The Bertz CT molecular complexity index is 622. The van der Waals surface area contributed by atoms with Gasteiger partial charge >= 0.3 is 12.1 Å².